The van der Waals surface area contributed by atoms with Gasteiger partial charge in [0.2, 0.25) is 5.79 Å². The molecule has 1 aromatic rings. The lowest BCUT2D eigenvalue weighted by atomic mass is 9.79. The van der Waals surface area contributed by atoms with Crippen LogP contribution in [-0.4, -0.2) is 44.9 Å². The average Bonchev–Trinajstić information content (AvgIpc) is 3.22. The predicted molar refractivity (Wildman–Crippen MR) is 103 cm³/mol. The Bertz CT molecular complexity index is 652. The first-order valence-corrected chi connectivity index (χ1v) is 10.00. The molecule has 1 aliphatic heterocycles. The third kappa shape index (κ3) is 4.83. The normalized spacial score (nSPS) is 24.9. The molecule has 0 radical (unpaired) electrons. The van der Waals surface area contributed by atoms with E-state index in [0.717, 1.165) is 31.2 Å². The number of esters is 1. The van der Waals surface area contributed by atoms with E-state index in [0.29, 0.717) is 19.1 Å². The van der Waals surface area contributed by atoms with E-state index in [9.17, 15) is 9.59 Å². The summed E-state index contributed by atoms with van der Waals surface area (Å²) < 4.78 is 16.6. The smallest absolute Gasteiger partial charge is 0.328 e. The van der Waals surface area contributed by atoms with Gasteiger partial charge in [-0.25, -0.2) is 9.59 Å². The summed E-state index contributed by atoms with van der Waals surface area (Å²) in [6.45, 7) is 3.29. The van der Waals surface area contributed by atoms with E-state index < -0.39 is 23.8 Å². The van der Waals surface area contributed by atoms with Crippen molar-refractivity contribution in [3.8, 4) is 0 Å². The van der Waals surface area contributed by atoms with Crippen LogP contribution in [-0.2, 0) is 24.8 Å². The number of nitrogens with one attached hydrogen (secondary N) is 2. The monoisotopic (exact) mass is 390 g/mol. The van der Waals surface area contributed by atoms with E-state index in [4.69, 9.17) is 14.2 Å². The average molecular weight is 390 g/mol. The highest BCUT2D eigenvalue weighted by Gasteiger charge is 2.39. The van der Waals surface area contributed by atoms with Crippen LogP contribution in [0.1, 0.15) is 38.2 Å². The molecular formula is C21H30N2O5. The number of ether oxygens (including phenoxy) is 3. The van der Waals surface area contributed by atoms with Crippen LogP contribution in [0.4, 0.5) is 4.79 Å². The topological polar surface area (TPSA) is 85.9 Å². The fourth-order valence-corrected chi connectivity index (χ4v) is 4.02. The van der Waals surface area contributed by atoms with E-state index in [-0.39, 0.29) is 12.5 Å². The summed E-state index contributed by atoms with van der Waals surface area (Å²) in [6.07, 6.45) is 3.92. The van der Waals surface area contributed by atoms with Gasteiger partial charge in [-0.05, 0) is 24.7 Å². The number of carbonyl (C=O) groups is 2. The maximum Gasteiger partial charge on any atom is 0.328 e. The van der Waals surface area contributed by atoms with Gasteiger partial charge in [0.15, 0.2) is 0 Å². The third-order valence-corrected chi connectivity index (χ3v) is 5.72. The standard InChI is InChI=1S/C21H30N2O5/c1-15-8-10-16(11-9-15)18(19(24)26-2)23-20(25)22-14-21(27-12-13-28-21)17-6-4-3-5-7-17/h3-7,15-16,18H,8-14H2,1-2H3,(H2,22,23,25). The first-order chi connectivity index (χ1) is 13.5. The number of hydrogen-bond acceptors (Lipinski definition) is 5. The zero-order valence-corrected chi connectivity index (χ0v) is 16.6. The van der Waals surface area contributed by atoms with Gasteiger partial charge in [-0.3, -0.25) is 0 Å². The molecule has 0 bridgehead atoms. The minimum atomic E-state index is -1.00. The molecule has 1 unspecified atom stereocenters. The number of hydrogen-bond donors (Lipinski definition) is 2. The zero-order valence-electron chi connectivity index (χ0n) is 16.6. The van der Waals surface area contributed by atoms with Gasteiger partial charge in [0.1, 0.15) is 6.04 Å². The highest BCUT2D eigenvalue weighted by Crippen LogP contribution is 2.32. The van der Waals surface area contributed by atoms with Crippen molar-refractivity contribution >= 4 is 12.0 Å². The van der Waals surface area contributed by atoms with E-state index in [2.05, 4.69) is 17.6 Å². The van der Waals surface area contributed by atoms with Gasteiger partial charge in [0.25, 0.3) is 0 Å². The summed E-state index contributed by atoms with van der Waals surface area (Å²) in [7, 11) is 1.35. The second-order valence-corrected chi connectivity index (χ2v) is 7.66. The lowest BCUT2D eigenvalue weighted by Gasteiger charge is -2.32. The van der Waals surface area contributed by atoms with Gasteiger partial charge in [0, 0.05) is 5.56 Å². The molecule has 2 fully saturated rings. The van der Waals surface area contributed by atoms with Gasteiger partial charge in [-0.2, -0.15) is 0 Å². The molecule has 1 saturated carbocycles. The van der Waals surface area contributed by atoms with Gasteiger partial charge >= 0.3 is 12.0 Å². The zero-order chi connectivity index (χ0) is 20.0. The fraction of sp³-hybridized carbons (Fsp3) is 0.619. The molecule has 7 nitrogen and oxygen atoms in total. The number of rotatable bonds is 6. The van der Waals surface area contributed by atoms with Crippen molar-refractivity contribution in [1.29, 1.82) is 0 Å². The molecular weight excluding hydrogens is 360 g/mol. The van der Waals surface area contributed by atoms with Crippen molar-refractivity contribution in [1.82, 2.24) is 10.6 Å². The van der Waals surface area contributed by atoms with Crippen LogP contribution in [0.15, 0.2) is 30.3 Å². The molecule has 1 aromatic carbocycles. The third-order valence-electron chi connectivity index (χ3n) is 5.72. The first kappa shape index (κ1) is 20.6. The van der Waals surface area contributed by atoms with Crippen LogP contribution in [0, 0.1) is 11.8 Å². The highest BCUT2D eigenvalue weighted by atomic mass is 16.7. The van der Waals surface area contributed by atoms with Crippen molar-refractivity contribution in [3.05, 3.63) is 35.9 Å². The Kier molecular flexibility index (Phi) is 6.91. The molecule has 2 N–H and O–H groups in total. The Morgan fingerprint density at radius 2 is 1.79 bits per heavy atom. The van der Waals surface area contributed by atoms with E-state index in [1.807, 2.05) is 30.3 Å². The lowest BCUT2D eigenvalue weighted by molar-refractivity contribution is -0.160. The van der Waals surface area contributed by atoms with Crippen LogP contribution in [0.5, 0.6) is 0 Å². The van der Waals surface area contributed by atoms with Crippen LogP contribution in [0.3, 0.4) is 0 Å². The summed E-state index contributed by atoms with van der Waals surface area (Å²) in [5, 5.41) is 5.62. The molecule has 2 aliphatic rings. The van der Waals surface area contributed by atoms with Crippen LogP contribution in [0.25, 0.3) is 0 Å². The molecule has 2 amide bonds. The Morgan fingerprint density at radius 1 is 1.14 bits per heavy atom. The number of urea groups is 1. The van der Waals surface area contributed by atoms with Crippen molar-refractivity contribution in [2.24, 2.45) is 11.8 Å². The Balaban J connectivity index is 1.61. The molecule has 3 rings (SSSR count). The lowest BCUT2D eigenvalue weighted by Crippen LogP contribution is -2.53. The van der Waals surface area contributed by atoms with Crippen LogP contribution < -0.4 is 10.6 Å². The summed E-state index contributed by atoms with van der Waals surface area (Å²) in [4.78, 5) is 24.8. The molecule has 0 aromatic heterocycles. The predicted octanol–water partition coefficient (Wildman–Crippen LogP) is 2.55. The molecule has 154 valence electrons. The second-order valence-electron chi connectivity index (χ2n) is 7.66. The molecule has 1 heterocycles. The Labute approximate surface area is 166 Å². The maximum absolute atomic E-state index is 12.6. The summed E-state index contributed by atoms with van der Waals surface area (Å²) >= 11 is 0. The number of amides is 2. The number of methoxy groups -OCH3 is 1. The fourth-order valence-electron chi connectivity index (χ4n) is 4.02. The summed E-state index contributed by atoms with van der Waals surface area (Å²) in [6, 6.07) is 8.47. The Hall–Kier alpha value is -2.12. The minimum Gasteiger partial charge on any atom is -0.467 e. The first-order valence-electron chi connectivity index (χ1n) is 10.00. The molecule has 0 spiro atoms. The van der Waals surface area contributed by atoms with Crippen molar-refractivity contribution in [2.75, 3.05) is 26.9 Å². The molecule has 7 heteroatoms. The molecule has 1 aliphatic carbocycles. The van der Waals surface area contributed by atoms with Crippen molar-refractivity contribution in [2.45, 2.75) is 44.4 Å². The summed E-state index contributed by atoms with van der Waals surface area (Å²) in [5.74, 6) is -0.650. The van der Waals surface area contributed by atoms with E-state index in [1.54, 1.807) is 0 Å². The van der Waals surface area contributed by atoms with Gasteiger partial charge in [-0.15, -0.1) is 0 Å². The quantitative estimate of drug-likeness (QED) is 0.729. The SMILES string of the molecule is COC(=O)C(NC(=O)NCC1(c2ccccc2)OCCO1)C1CCC(C)CC1. The van der Waals surface area contributed by atoms with E-state index >= 15 is 0 Å². The number of carbonyl (C=O) groups excluding carboxylic acids is 2. The summed E-state index contributed by atoms with van der Waals surface area (Å²) in [5.41, 5.74) is 0.846. The van der Waals surface area contributed by atoms with Crippen LogP contribution >= 0.6 is 0 Å². The Morgan fingerprint density at radius 3 is 2.39 bits per heavy atom. The van der Waals surface area contributed by atoms with Gasteiger partial charge in [0.05, 0.1) is 26.9 Å². The largest absolute Gasteiger partial charge is 0.467 e. The van der Waals surface area contributed by atoms with Gasteiger partial charge < -0.3 is 24.8 Å². The molecule has 1 saturated heterocycles. The van der Waals surface area contributed by atoms with Crippen molar-refractivity contribution in [3.63, 3.8) is 0 Å². The van der Waals surface area contributed by atoms with Crippen molar-refractivity contribution < 1.29 is 23.8 Å². The van der Waals surface area contributed by atoms with Gasteiger partial charge in [-0.1, -0.05) is 50.1 Å². The second kappa shape index (κ2) is 9.39. The maximum atomic E-state index is 12.6. The van der Waals surface area contributed by atoms with E-state index in [1.165, 1.54) is 7.11 Å². The highest BCUT2D eigenvalue weighted by molar-refractivity contribution is 5.83. The molecule has 28 heavy (non-hydrogen) atoms. The number of benzene rings is 1. The minimum absolute atomic E-state index is 0.0939. The molecule has 1 atom stereocenters. The van der Waals surface area contributed by atoms with Crippen LogP contribution in [0.2, 0.25) is 0 Å².